The Morgan fingerprint density at radius 1 is 1.19 bits per heavy atom. The summed E-state index contributed by atoms with van der Waals surface area (Å²) in [4.78, 5) is 4.75. The van der Waals surface area contributed by atoms with E-state index in [0.717, 1.165) is 29.9 Å². The Bertz CT molecular complexity index is 941. The number of aromatic nitrogens is 3. The van der Waals surface area contributed by atoms with E-state index in [1.54, 1.807) is 6.20 Å². The van der Waals surface area contributed by atoms with E-state index in [-0.39, 0.29) is 0 Å². The van der Waals surface area contributed by atoms with Crippen LogP contribution in [-0.4, -0.2) is 20.6 Å². The van der Waals surface area contributed by atoms with Crippen molar-refractivity contribution in [3.05, 3.63) is 41.0 Å². The fraction of sp³-hybridized carbons (Fsp3) is 0.400. The smallest absolute Gasteiger partial charge is 0.173 e. The number of fused-ring (bicyclic) bond motifs is 1. The highest BCUT2D eigenvalue weighted by Crippen LogP contribution is 2.32. The van der Waals surface area contributed by atoms with Gasteiger partial charge in [-0.2, -0.15) is 5.26 Å². The number of imidazole rings is 1. The van der Waals surface area contributed by atoms with Crippen molar-refractivity contribution >= 4 is 23.1 Å². The summed E-state index contributed by atoms with van der Waals surface area (Å²) in [6, 6.07) is 10.3. The number of hydrogen-bond donors (Lipinski definition) is 2. The van der Waals surface area contributed by atoms with E-state index in [9.17, 15) is 5.26 Å². The van der Waals surface area contributed by atoms with Crippen LogP contribution in [0.1, 0.15) is 50.5 Å². The van der Waals surface area contributed by atoms with Gasteiger partial charge in [-0.25, -0.2) is 9.50 Å². The standard InChI is InChI=1S/C20H22ClN5/c21-16-8-6-7-14(11-16)18-20(24-17-9-4-2-1-3-5-10-17)26-19(25-18)15(12-22)13-23-26/h6-8,11,13,17,23-24H,1-5,9-10H2. The molecule has 0 amide bonds. The Labute approximate surface area is 158 Å². The number of nitrogens with zero attached hydrogens (tertiary/aromatic N) is 3. The third-order valence-corrected chi connectivity index (χ3v) is 5.36. The van der Waals surface area contributed by atoms with E-state index in [2.05, 4.69) is 16.5 Å². The van der Waals surface area contributed by atoms with Crippen LogP contribution in [-0.2, 0) is 0 Å². The van der Waals surface area contributed by atoms with E-state index in [0.29, 0.717) is 22.3 Å². The third kappa shape index (κ3) is 3.30. The second-order valence-electron chi connectivity index (χ2n) is 6.96. The highest BCUT2D eigenvalue weighted by atomic mass is 35.5. The fourth-order valence-electron chi connectivity index (χ4n) is 3.77. The van der Waals surface area contributed by atoms with Crippen molar-refractivity contribution in [1.29, 1.82) is 5.26 Å². The van der Waals surface area contributed by atoms with E-state index < -0.39 is 0 Å². The van der Waals surface area contributed by atoms with Crippen LogP contribution in [0.4, 0.5) is 5.82 Å². The van der Waals surface area contributed by atoms with E-state index in [1.807, 2.05) is 28.8 Å². The first kappa shape index (κ1) is 17.0. The molecule has 134 valence electrons. The number of nitrogens with one attached hydrogen (secondary N) is 2. The first-order chi connectivity index (χ1) is 12.8. The first-order valence-corrected chi connectivity index (χ1v) is 9.66. The Morgan fingerprint density at radius 3 is 2.69 bits per heavy atom. The van der Waals surface area contributed by atoms with Crippen LogP contribution < -0.4 is 5.32 Å². The molecular formula is C20H22ClN5. The summed E-state index contributed by atoms with van der Waals surface area (Å²) in [7, 11) is 0. The molecule has 0 atom stereocenters. The van der Waals surface area contributed by atoms with E-state index >= 15 is 0 Å². The normalized spacial score (nSPS) is 16.2. The maximum absolute atomic E-state index is 9.36. The van der Waals surface area contributed by atoms with Gasteiger partial charge in [0, 0.05) is 22.8 Å². The molecule has 2 N–H and O–H groups in total. The van der Waals surface area contributed by atoms with Gasteiger partial charge in [-0.05, 0) is 25.0 Å². The number of hydrogen-bond acceptors (Lipinski definition) is 3. The summed E-state index contributed by atoms with van der Waals surface area (Å²) < 4.78 is 1.88. The lowest BCUT2D eigenvalue weighted by atomic mass is 9.96. The molecule has 1 aromatic carbocycles. The first-order valence-electron chi connectivity index (χ1n) is 9.28. The highest BCUT2D eigenvalue weighted by Gasteiger charge is 2.21. The second-order valence-corrected chi connectivity index (χ2v) is 7.40. The van der Waals surface area contributed by atoms with Crippen LogP contribution in [0.5, 0.6) is 0 Å². The molecule has 0 aliphatic heterocycles. The summed E-state index contributed by atoms with van der Waals surface area (Å²) in [6.07, 6.45) is 10.5. The molecule has 0 radical (unpaired) electrons. The van der Waals surface area contributed by atoms with Crippen molar-refractivity contribution in [1.82, 2.24) is 14.6 Å². The molecule has 0 unspecified atom stereocenters. The zero-order chi connectivity index (χ0) is 17.9. The molecule has 6 heteroatoms. The van der Waals surface area contributed by atoms with Gasteiger partial charge < -0.3 is 5.32 Å². The second kappa shape index (κ2) is 7.43. The van der Waals surface area contributed by atoms with Gasteiger partial charge in [0.05, 0.1) is 0 Å². The summed E-state index contributed by atoms with van der Waals surface area (Å²) >= 11 is 6.19. The minimum Gasteiger partial charge on any atom is -0.365 e. The van der Waals surface area contributed by atoms with Crippen LogP contribution in [0.2, 0.25) is 5.02 Å². The SMILES string of the molecule is N#Cc1c[nH]n2c(NC3CCCCCCC3)c(-c3cccc(Cl)c3)nc12. The molecule has 0 saturated heterocycles. The Kier molecular flexibility index (Phi) is 4.85. The van der Waals surface area contributed by atoms with Gasteiger partial charge in [-0.15, -0.1) is 0 Å². The summed E-state index contributed by atoms with van der Waals surface area (Å²) in [5, 5.41) is 16.9. The molecule has 1 fully saturated rings. The number of halogens is 1. The molecular weight excluding hydrogens is 346 g/mol. The van der Waals surface area contributed by atoms with Gasteiger partial charge in [0.25, 0.3) is 0 Å². The number of aromatic amines is 1. The number of anilines is 1. The number of H-pyrrole nitrogens is 1. The van der Waals surface area contributed by atoms with Crippen molar-refractivity contribution in [2.75, 3.05) is 5.32 Å². The molecule has 3 aromatic rings. The maximum atomic E-state index is 9.36. The van der Waals surface area contributed by atoms with Gasteiger partial charge in [0.1, 0.15) is 17.3 Å². The fourth-order valence-corrected chi connectivity index (χ4v) is 3.96. The molecule has 1 aliphatic carbocycles. The molecule has 26 heavy (non-hydrogen) atoms. The van der Waals surface area contributed by atoms with Crippen LogP contribution >= 0.6 is 11.6 Å². The zero-order valence-electron chi connectivity index (χ0n) is 14.6. The number of nitriles is 1. The molecule has 1 aliphatic rings. The molecule has 4 rings (SSSR count). The molecule has 2 aromatic heterocycles. The highest BCUT2D eigenvalue weighted by molar-refractivity contribution is 6.30. The quantitative estimate of drug-likeness (QED) is 0.653. The Balaban J connectivity index is 1.76. The van der Waals surface area contributed by atoms with E-state index in [1.165, 1.54) is 32.1 Å². The number of rotatable bonds is 3. The van der Waals surface area contributed by atoms with Crippen molar-refractivity contribution in [3.63, 3.8) is 0 Å². The third-order valence-electron chi connectivity index (χ3n) is 5.12. The Morgan fingerprint density at radius 2 is 1.96 bits per heavy atom. The van der Waals surface area contributed by atoms with Gasteiger partial charge in [0.2, 0.25) is 0 Å². The van der Waals surface area contributed by atoms with Crippen LogP contribution in [0.15, 0.2) is 30.5 Å². The maximum Gasteiger partial charge on any atom is 0.173 e. The summed E-state index contributed by atoms with van der Waals surface area (Å²) in [6.45, 7) is 0. The molecule has 0 spiro atoms. The van der Waals surface area contributed by atoms with Crippen LogP contribution in [0.25, 0.3) is 16.9 Å². The molecule has 5 nitrogen and oxygen atoms in total. The van der Waals surface area contributed by atoms with Gasteiger partial charge in [-0.3, -0.25) is 5.10 Å². The van der Waals surface area contributed by atoms with Crippen molar-refractivity contribution in [2.24, 2.45) is 0 Å². The summed E-state index contributed by atoms with van der Waals surface area (Å²) in [5.41, 5.74) is 2.97. The minimum absolute atomic E-state index is 0.418. The van der Waals surface area contributed by atoms with Crippen LogP contribution in [0.3, 0.4) is 0 Å². The molecule has 1 saturated carbocycles. The molecule has 2 heterocycles. The minimum atomic E-state index is 0.418. The van der Waals surface area contributed by atoms with Crippen molar-refractivity contribution in [3.8, 4) is 17.3 Å². The molecule has 0 bridgehead atoms. The van der Waals surface area contributed by atoms with Gasteiger partial charge >= 0.3 is 0 Å². The largest absolute Gasteiger partial charge is 0.365 e. The lowest BCUT2D eigenvalue weighted by molar-refractivity contribution is 0.470. The van der Waals surface area contributed by atoms with Gasteiger partial charge in [0.15, 0.2) is 11.5 Å². The average Bonchev–Trinajstić information content (AvgIpc) is 3.16. The van der Waals surface area contributed by atoms with Crippen molar-refractivity contribution < 1.29 is 0 Å². The average molecular weight is 368 g/mol. The monoisotopic (exact) mass is 367 g/mol. The van der Waals surface area contributed by atoms with E-state index in [4.69, 9.17) is 16.6 Å². The zero-order valence-corrected chi connectivity index (χ0v) is 15.4. The Hall–Kier alpha value is -2.45. The topological polar surface area (TPSA) is 68.9 Å². The lowest BCUT2D eigenvalue weighted by Gasteiger charge is -2.22. The van der Waals surface area contributed by atoms with Crippen molar-refractivity contribution in [2.45, 2.75) is 51.0 Å². The predicted molar refractivity (Wildman–Crippen MR) is 104 cm³/mol. The van der Waals surface area contributed by atoms with Gasteiger partial charge in [-0.1, -0.05) is 55.8 Å². The lowest BCUT2D eigenvalue weighted by Crippen LogP contribution is -2.22. The predicted octanol–water partition coefficient (Wildman–Crippen LogP) is 5.38. The summed E-state index contributed by atoms with van der Waals surface area (Å²) in [5.74, 6) is 0.911. The number of benzene rings is 1. The van der Waals surface area contributed by atoms with Crippen LogP contribution in [0, 0.1) is 11.3 Å².